The van der Waals surface area contributed by atoms with Gasteiger partial charge in [-0.05, 0) is 64.2 Å². The predicted molar refractivity (Wildman–Crippen MR) is 276 cm³/mol. The minimum absolute atomic E-state index is 0.0734. The van der Waals surface area contributed by atoms with Crippen molar-refractivity contribution in [2.45, 2.75) is 309 Å². The Labute approximate surface area is 388 Å². The van der Waals surface area contributed by atoms with E-state index in [0.717, 1.165) is 38.5 Å². The number of aliphatic hydroxyl groups excluding tert-OH is 2. The number of hydrogen-bond donors (Lipinski definition) is 3. The first-order chi connectivity index (χ1) is 30.7. The normalized spacial score (nSPS) is 13.2. The van der Waals surface area contributed by atoms with E-state index in [1.807, 2.05) is 6.08 Å². The second-order valence-electron chi connectivity index (χ2n) is 19.0. The molecule has 0 saturated carbocycles. The molecular weight excluding hydrogens is 759 g/mol. The summed E-state index contributed by atoms with van der Waals surface area (Å²) in [7, 11) is 0. The number of nitrogens with one attached hydrogen (secondary N) is 1. The maximum atomic E-state index is 12.4. The number of carbonyl (C=O) groups excluding carboxylic acids is 1. The van der Waals surface area contributed by atoms with Gasteiger partial charge in [-0.2, -0.15) is 0 Å². The third-order valence-electron chi connectivity index (χ3n) is 12.8. The molecule has 0 bridgehead atoms. The predicted octanol–water partition coefficient (Wildman–Crippen LogP) is 18.3. The Balaban J connectivity index is 3.41. The van der Waals surface area contributed by atoms with Crippen LogP contribution in [0.2, 0.25) is 0 Å². The standard InChI is InChI=1S/C58H109NO3/c1-3-5-7-9-11-13-15-16-17-18-19-20-21-22-23-24-25-26-27-28-29-30-31-32-33-34-35-36-37-38-39-40-41-42-44-46-48-50-52-54-58(62)59-56(55-60)57(61)53-51-49-47-45-43-14-12-10-8-6-4-2/h25-26,28-29,43,45,51,53,56-57,60-61H,3-24,27,30-42,44,46-50,52,54-55H2,1-2H3,(H,59,62)/b26-25-,29-28-,45-43+,53-51+. The van der Waals surface area contributed by atoms with Crippen molar-refractivity contribution in [1.82, 2.24) is 5.32 Å². The number of carbonyl (C=O) groups is 1. The molecule has 364 valence electrons. The van der Waals surface area contributed by atoms with Gasteiger partial charge >= 0.3 is 0 Å². The molecule has 1 amide bonds. The molecule has 0 aliphatic heterocycles. The third kappa shape index (κ3) is 49.4. The highest BCUT2D eigenvalue weighted by Crippen LogP contribution is 2.17. The lowest BCUT2D eigenvalue weighted by atomic mass is 10.0. The molecule has 0 saturated heterocycles. The van der Waals surface area contributed by atoms with E-state index in [-0.39, 0.29) is 12.5 Å². The van der Waals surface area contributed by atoms with E-state index >= 15 is 0 Å². The first-order valence-corrected chi connectivity index (χ1v) is 27.9. The Morgan fingerprint density at radius 1 is 0.387 bits per heavy atom. The molecule has 2 atom stereocenters. The van der Waals surface area contributed by atoms with Gasteiger partial charge in [0.15, 0.2) is 0 Å². The van der Waals surface area contributed by atoms with Gasteiger partial charge in [0.05, 0.1) is 18.8 Å². The third-order valence-corrected chi connectivity index (χ3v) is 12.8. The largest absolute Gasteiger partial charge is 0.394 e. The van der Waals surface area contributed by atoms with Crippen LogP contribution in [0.5, 0.6) is 0 Å². The summed E-state index contributed by atoms with van der Waals surface area (Å²) in [4.78, 5) is 12.4. The van der Waals surface area contributed by atoms with Gasteiger partial charge in [-0.25, -0.2) is 0 Å². The topological polar surface area (TPSA) is 69.6 Å². The average Bonchev–Trinajstić information content (AvgIpc) is 3.28. The number of amides is 1. The number of allylic oxidation sites excluding steroid dienone is 7. The maximum Gasteiger partial charge on any atom is 0.220 e. The first kappa shape index (κ1) is 60.4. The Bertz CT molecular complexity index is 985. The van der Waals surface area contributed by atoms with Crippen LogP contribution in [0.4, 0.5) is 0 Å². The molecule has 0 aliphatic rings. The molecule has 62 heavy (non-hydrogen) atoms. The molecule has 2 unspecified atom stereocenters. The van der Waals surface area contributed by atoms with Crippen LogP contribution < -0.4 is 5.32 Å². The zero-order chi connectivity index (χ0) is 44.9. The summed E-state index contributed by atoms with van der Waals surface area (Å²) in [5.74, 6) is -0.0734. The van der Waals surface area contributed by atoms with Crippen LogP contribution in [0.3, 0.4) is 0 Å². The van der Waals surface area contributed by atoms with Crippen molar-refractivity contribution in [3.63, 3.8) is 0 Å². The maximum absolute atomic E-state index is 12.4. The fourth-order valence-corrected chi connectivity index (χ4v) is 8.52. The van der Waals surface area contributed by atoms with Crippen molar-refractivity contribution in [3.05, 3.63) is 48.6 Å². The summed E-state index contributed by atoms with van der Waals surface area (Å²) in [5, 5.41) is 23.0. The average molecular weight is 869 g/mol. The zero-order valence-corrected chi connectivity index (χ0v) is 41.9. The summed E-state index contributed by atoms with van der Waals surface area (Å²) < 4.78 is 0. The van der Waals surface area contributed by atoms with E-state index in [4.69, 9.17) is 0 Å². The van der Waals surface area contributed by atoms with E-state index in [1.54, 1.807) is 6.08 Å². The van der Waals surface area contributed by atoms with Crippen molar-refractivity contribution in [3.8, 4) is 0 Å². The molecule has 4 heteroatoms. The van der Waals surface area contributed by atoms with Gasteiger partial charge in [0.25, 0.3) is 0 Å². The summed E-state index contributed by atoms with van der Waals surface area (Å²) in [5.41, 5.74) is 0. The van der Waals surface area contributed by atoms with Crippen molar-refractivity contribution in [2.24, 2.45) is 0 Å². The summed E-state index contributed by atoms with van der Waals surface area (Å²) >= 11 is 0. The summed E-state index contributed by atoms with van der Waals surface area (Å²) in [6.07, 6.45) is 74.4. The van der Waals surface area contributed by atoms with Gasteiger partial charge in [0, 0.05) is 6.42 Å². The molecule has 0 heterocycles. The van der Waals surface area contributed by atoms with E-state index < -0.39 is 12.1 Å². The number of hydrogen-bond acceptors (Lipinski definition) is 3. The first-order valence-electron chi connectivity index (χ1n) is 27.9. The molecule has 0 radical (unpaired) electrons. The van der Waals surface area contributed by atoms with E-state index in [1.165, 1.54) is 238 Å². The minimum atomic E-state index is -0.860. The SMILES string of the molecule is CCCCCCC/C=C/CC/C=C/C(O)C(CO)NC(=O)CCCCCCCCCCCCCCCCCCC/C=C\C/C=C\CCCCCCCCCCCCCCCCC. The van der Waals surface area contributed by atoms with Gasteiger partial charge in [-0.15, -0.1) is 0 Å². The van der Waals surface area contributed by atoms with Gasteiger partial charge in [0.1, 0.15) is 0 Å². The van der Waals surface area contributed by atoms with Crippen molar-refractivity contribution in [1.29, 1.82) is 0 Å². The Kier molecular flexibility index (Phi) is 52.3. The van der Waals surface area contributed by atoms with Crippen LogP contribution in [-0.4, -0.2) is 34.9 Å². The highest BCUT2D eigenvalue weighted by molar-refractivity contribution is 5.76. The van der Waals surface area contributed by atoms with Crippen LogP contribution in [0.25, 0.3) is 0 Å². The quantitative estimate of drug-likeness (QED) is 0.0421. The monoisotopic (exact) mass is 868 g/mol. The Morgan fingerprint density at radius 2 is 0.677 bits per heavy atom. The summed E-state index contributed by atoms with van der Waals surface area (Å²) in [6.45, 7) is 4.29. The van der Waals surface area contributed by atoms with Crippen molar-refractivity contribution >= 4 is 5.91 Å². The molecule has 0 aliphatic carbocycles. The van der Waals surface area contributed by atoms with Crippen LogP contribution in [0.15, 0.2) is 48.6 Å². The van der Waals surface area contributed by atoms with E-state index in [9.17, 15) is 15.0 Å². The number of unbranched alkanes of at least 4 members (excludes halogenated alkanes) is 38. The van der Waals surface area contributed by atoms with Crippen LogP contribution in [0, 0.1) is 0 Å². The van der Waals surface area contributed by atoms with Crippen LogP contribution in [0.1, 0.15) is 296 Å². The van der Waals surface area contributed by atoms with Gasteiger partial charge in [-0.1, -0.05) is 274 Å². The Morgan fingerprint density at radius 3 is 1.03 bits per heavy atom. The lowest BCUT2D eigenvalue weighted by molar-refractivity contribution is -0.123. The lowest BCUT2D eigenvalue weighted by Gasteiger charge is -2.19. The number of rotatable bonds is 51. The molecule has 0 rings (SSSR count). The van der Waals surface area contributed by atoms with Crippen molar-refractivity contribution < 1.29 is 15.0 Å². The minimum Gasteiger partial charge on any atom is -0.394 e. The molecule has 0 aromatic carbocycles. The van der Waals surface area contributed by atoms with Crippen LogP contribution >= 0.6 is 0 Å². The summed E-state index contributed by atoms with van der Waals surface area (Å²) in [6, 6.07) is -0.637. The molecule has 0 fully saturated rings. The fourth-order valence-electron chi connectivity index (χ4n) is 8.52. The van der Waals surface area contributed by atoms with Crippen LogP contribution in [-0.2, 0) is 4.79 Å². The Hall–Kier alpha value is -1.65. The van der Waals surface area contributed by atoms with Gasteiger partial charge < -0.3 is 15.5 Å². The second kappa shape index (κ2) is 53.7. The molecule has 4 nitrogen and oxygen atoms in total. The molecule has 0 aromatic heterocycles. The molecule has 0 spiro atoms. The smallest absolute Gasteiger partial charge is 0.220 e. The molecule has 0 aromatic rings. The van der Waals surface area contributed by atoms with Crippen molar-refractivity contribution in [2.75, 3.05) is 6.61 Å². The van der Waals surface area contributed by atoms with Gasteiger partial charge in [-0.3, -0.25) is 4.79 Å². The van der Waals surface area contributed by atoms with E-state index in [0.29, 0.717) is 6.42 Å². The second-order valence-corrected chi connectivity index (χ2v) is 19.0. The zero-order valence-electron chi connectivity index (χ0n) is 41.9. The molecular formula is C58H109NO3. The highest BCUT2D eigenvalue weighted by atomic mass is 16.3. The number of aliphatic hydroxyl groups is 2. The van der Waals surface area contributed by atoms with Gasteiger partial charge in [0.2, 0.25) is 5.91 Å². The fraction of sp³-hybridized carbons (Fsp3) is 0.845. The van der Waals surface area contributed by atoms with E-state index in [2.05, 4.69) is 55.6 Å². The lowest BCUT2D eigenvalue weighted by Crippen LogP contribution is -2.45. The molecule has 3 N–H and O–H groups in total. The highest BCUT2D eigenvalue weighted by Gasteiger charge is 2.18.